The lowest BCUT2D eigenvalue weighted by molar-refractivity contribution is -0.143. The Morgan fingerprint density at radius 3 is 2.61 bits per heavy atom. The maximum Gasteiger partial charge on any atom is 0.343 e. The third-order valence-corrected chi connectivity index (χ3v) is 6.51. The maximum atomic E-state index is 13.3. The highest BCUT2D eigenvalue weighted by Gasteiger charge is 2.39. The fraction of sp³-hybridized carbons (Fsp3) is 0.207. The number of rotatable bonds is 5. The molecule has 0 saturated carbocycles. The van der Waals surface area contributed by atoms with Crippen molar-refractivity contribution in [2.75, 3.05) is 26.9 Å². The molecule has 6 rings (SSSR count). The first-order valence-electron chi connectivity index (χ1n) is 12.0. The van der Waals surface area contributed by atoms with E-state index in [1.54, 1.807) is 42.5 Å². The molecule has 9 nitrogen and oxygen atoms in total. The Balaban J connectivity index is 1.38. The van der Waals surface area contributed by atoms with Crippen molar-refractivity contribution < 1.29 is 42.8 Å². The molecule has 3 heterocycles. The lowest BCUT2D eigenvalue weighted by atomic mass is 9.84. The fourth-order valence-electron chi connectivity index (χ4n) is 4.77. The molecule has 0 spiro atoms. The van der Waals surface area contributed by atoms with Crippen molar-refractivity contribution in [3.05, 3.63) is 82.6 Å². The Bertz CT molecular complexity index is 1500. The van der Waals surface area contributed by atoms with E-state index >= 15 is 0 Å². The number of Topliss-reactive ketones (excluding diaryl/α,β-unsaturated/α-hetero) is 1. The zero-order chi connectivity index (χ0) is 26.2. The third kappa shape index (κ3) is 4.21. The molecular weight excluding hydrogens is 492 g/mol. The summed E-state index contributed by atoms with van der Waals surface area (Å²) in [5, 5.41) is 0. The molecule has 0 radical (unpaired) electrons. The molecule has 3 aliphatic rings. The number of hydrogen-bond donors (Lipinski definition) is 0. The van der Waals surface area contributed by atoms with Gasteiger partial charge in [-0.2, -0.15) is 0 Å². The van der Waals surface area contributed by atoms with E-state index in [4.69, 9.17) is 23.7 Å². The Kier molecular flexibility index (Phi) is 5.95. The first-order chi connectivity index (χ1) is 18.5. The Labute approximate surface area is 217 Å². The number of esters is 2. The first-order valence-corrected chi connectivity index (χ1v) is 12.0. The third-order valence-electron chi connectivity index (χ3n) is 6.51. The number of ether oxygens (including phenoxy) is 6. The Hall–Kier alpha value is -4.79. The van der Waals surface area contributed by atoms with Crippen LogP contribution in [-0.2, 0) is 14.3 Å². The molecular formula is C29H22O9. The monoisotopic (exact) mass is 514 g/mol. The van der Waals surface area contributed by atoms with Gasteiger partial charge in [-0.3, -0.25) is 9.59 Å². The molecule has 0 saturated heterocycles. The minimum absolute atomic E-state index is 0.000804. The number of hydrogen-bond acceptors (Lipinski definition) is 9. The number of ketones is 1. The lowest BCUT2D eigenvalue weighted by Gasteiger charge is -2.27. The van der Waals surface area contributed by atoms with Crippen molar-refractivity contribution in [3.63, 3.8) is 0 Å². The minimum atomic E-state index is -0.535. The van der Waals surface area contributed by atoms with Gasteiger partial charge in [-0.1, -0.05) is 24.3 Å². The summed E-state index contributed by atoms with van der Waals surface area (Å²) < 4.78 is 33.3. The highest BCUT2D eigenvalue weighted by molar-refractivity contribution is 6.15. The van der Waals surface area contributed by atoms with Crippen LogP contribution >= 0.6 is 0 Å². The number of carbonyl (C=O) groups is 3. The second kappa shape index (κ2) is 9.59. The largest absolute Gasteiger partial charge is 0.486 e. The number of carbonyl (C=O) groups excluding carboxylic acids is 3. The van der Waals surface area contributed by atoms with Gasteiger partial charge < -0.3 is 28.4 Å². The molecule has 3 aliphatic heterocycles. The highest BCUT2D eigenvalue weighted by Crippen LogP contribution is 2.50. The molecule has 0 aliphatic carbocycles. The highest BCUT2D eigenvalue weighted by atomic mass is 16.6. The maximum absolute atomic E-state index is 13.3. The van der Waals surface area contributed by atoms with Crippen LogP contribution in [0.1, 0.15) is 39.4 Å². The molecule has 38 heavy (non-hydrogen) atoms. The quantitative estimate of drug-likeness (QED) is 0.283. The summed E-state index contributed by atoms with van der Waals surface area (Å²) in [6.07, 6.45) is 1.64. The van der Waals surface area contributed by atoms with Gasteiger partial charge in [-0.05, 0) is 42.0 Å². The average Bonchev–Trinajstić information content (AvgIpc) is 3.26. The SMILES string of the molecule is COC(=O)COc1ccccc1C1CC(=O)Oc2ccc3c(c21)O/C(=C\c1ccc2c(c1)OCCO2)C3=O. The molecule has 0 fully saturated rings. The van der Waals surface area contributed by atoms with Crippen LogP contribution in [-0.4, -0.2) is 44.7 Å². The topological polar surface area (TPSA) is 107 Å². The zero-order valence-corrected chi connectivity index (χ0v) is 20.4. The van der Waals surface area contributed by atoms with E-state index in [1.807, 2.05) is 18.2 Å². The van der Waals surface area contributed by atoms with Gasteiger partial charge in [-0.25, -0.2) is 4.79 Å². The van der Waals surface area contributed by atoms with Crippen molar-refractivity contribution in [2.24, 2.45) is 0 Å². The van der Waals surface area contributed by atoms with Gasteiger partial charge in [0.25, 0.3) is 0 Å². The summed E-state index contributed by atoms with van der Waals surface area (Å²) in [6.45, 7) is 0.644. The molecule has 1 unspecified atom stereocenters. The first kappa shape index (κ1) is 23.6. The van der Waals surface area contributed by atoms with Gasteiger partial charge in [0.05, 0.1) is 19.1 Å². The average molecular weight is 514 g/mol. The summed E-state index contributed by atoms with van der Waals surface area (Å²) in [5.74, 6) is 0.647. The predicted molar refractivity (Wildman–Crippen MR) is 133 cm³/mol. The van der Waals surface area contributed by atoms with E-state index in [0.29, 0.717) is 64.2 Å². The number of methoxy groups -OCH3 is 1. The second-order valence-corrected chi connectivity index (χ2v) is 8.83. The van der Waals surface area contributed by atoms with Crippen LogP contribution < -0.4 is 23.7 Å². The van der Waals surface area contributed by atoms with E-state index in [2.05, 4.69) is 4.74 Å². The number of benzene rings is 3. The van der Waals surface area contributed by atoms with Crippen molar-refractivity contribution in [2.45, 2.75) is 12.3 Å². The number of allylic oxidation sites excluding steroid dienone is 1. The van der Waals surface area contributed by atoms with Crippen molar-refractivity contribution in [1.82, 2.24) is 0 Å². The van der Waals surface area contributed by atoms with Crippen molar-refractivity contribution in [1.29, 1.82) is 0 Å². The minimum Gasteiger partial charge on any atom is -0.486 e. The standard InChI is InChI=1S/C29H22O9/c1-33-26(31)15-36-20-5-3-2-4-17(20)19-14-25(30)37-22-9-7-18-28(32)24(38-29(18)27(19)22)13-16-6-8-21-23(12-16)35-11-10-34-21/h2-9,12-13,19H,10-11,14-15H2,1H3/b24-13-. The van der Waals surface area contributed by atoms with Gasteiger partial charge in [0.2, 0.25) is 5.78 Å². The van der Waals surface area contributed by atoms with E-state index in [0.717, 1.165) is 0 Å². The van der Waals surface area contributed by atoms with Gasteiger partial charge in [0.1, 0.15) is 30.5 Å². The second-order valence-electron chi connectivity index (χ2n) is 8.83. The lowest BCUT2D eigenvalue weighted by Crippen LogP contribution is -2.22. The molecule has 1 atom stereocenters. The molecule has 0 N–H and O–H groups in total. The van der Waals surface area contributed by atoms with Crippen LogP contribution in [0.15, 0.2) is 60.4 Å². The van der Waals surface area contributed by atoms with E-state index in [-0.39, 0.29) is 24.6 Å². The van der Waals surface area contributed by atoms with Crippen LogP contribution in [0.5, 0.6) is 28.7 Å². The van der Waals surface area contributed by atoms with Gasteiger partial charge in [0, 0.05) is 17.0 Å². The fourth-order valence-corrected chi connectivity index (χ4v) is 4.77. The normalized spacial score (nSPS) is 18.2. The van der Waals surface area contributed by atoms with Crippen molar-refractivity contribution >= 4 is 23.8 Å². The van der Waals surface area contributed by atoms with Gasteiger partial charge >= 0.3 is 11.9 Å². The Morgan fingerprint density at radius 2 is 1.76 bits per heavy atom. The number of fused-ring (bicyclic) bond motifs is 4. The summed E-state index contributed by atoms with van der Waals surface area (Å²) in [7, 11) is 1.28. The number of para-hydroxylation sites is 1. The van der Waals surface area contributed by atoms with E-state index in [1.165, 1.54) is 7.11 Å². The van der Waals surface area contributed by atoms with E-state index in [9.17, 15) is 14.4 Å². The zero-order valence-electron chi connectivity index (χ0n) is 20.4. The molecule has 0 amide bonds. The smallest absolute Gasteiger partial charge is 0.343 e. The van der Waals surface area contributed by atoms with Crippen LogP contribution in [0, 0.1) is 0 Å². The van der Waals surface area contributed by atoms with E-state index < -0.39 is 17.9 Å². The molecule has 3 aromatic carbocycles. The summed E-state index contributed by atoms with van der Waals surface area (Å²) in [4.78, 5) is 37.5. The van der Waals surface area contributed by atoms with Crippen LogP contribution in [0.25, 0.3) is 6.08 Å². The predicted octanol–water partition coefficient (Wildman–Crippen LogP) is 4.07. The molecule has 0 aromatic heterocycles. The van der Waals surface area contributed by atoms with Crippen molar-refractivity contribution in [3.8, 4) is 28.7 Å². The molecule has 192 valence electrons. The van der Waals surface area contributed by atoms with Crippen LogP contribution in [0.2, 0.25) is 0 Å². The molecule has 9 heteroatoms. The van der Waals surface area contributed by atoms with Gasteiger partial charge in [-0.15, -0.1) is 0 Å². The van der Waals surface area contributed by atoms with Crippen LogP contribution in [0.4, 0.5) is 0 Å². The molecule has 3 aromatic rings. The molecule has 0 bridgehead atoms. The summed E-state index contributed by atoms with van der Waals surface area (Å²) in [5.41, 5.74) is 2.30. The summed E-state index contributed by atoms with van der Waals surface area (Å²) in [6, 6.07) is 15.7. The summed E-state index contributed by atoms with van der Waals surface area (Å²) >= 11 is 0. The van der Waals surface area contributed by atoms with Crippen LogP contribution in [0.3, 0.4) is 0 Å². The Morgan fingerprint density at radius 1 is 0.974 bits per heavy atom. The van der Waals surface area contributed by atoms with Gasteiger partial charge in [0.15, 0.2) is 23.9 Å².